The monoisotopic (exact) mass is 322 g/mol. The van der Waals surface area contributed by atoms with E-state index in [9.17, 15) is 0 Å². The van der Waals surface area contributed by atoms with E-state index in [2.05, 4.69) is 20.5 Å². The Hall–Kier alpha value is -3.35. The third-order valence-corrected chi connectivity index (χ3v) is 3.55. The molecule has 0 aliphatic heterocycles. The Morgan fingerprint density at radius 1 is 1.08 bits per heavy atom. The van der Waals surface area contributed by atoms with Crippen molar-refractivity contribution in [3.63, 3.8) is 0 Å². The van der Waals surface area contributed by atoms with Crippen molar-refractivity contribution in [1.29, 1.82) is 0 Å². The highest BCUT2D eigenvalue weighted by Gasteiger charge is 2.11. The second-order valence-corrected chi connectivity index (χ2v) is 5.09. The molecule has 0 saturated heterocycles. The lowest BCUT2D eigenvalue weighted by molar-refractivity contribution is 0.408. The normalized spacial score (nSPS) is 10.9. The first kappa shape index (κ1) is 14.3. The van der Waals surface area contributed by atoms with Crippen LogP contribution in [0.1, 0.15) is 5.76 Å². The second kappa shape index (κ2) is 6.04. The number of hydrogen-bond acceptors (Lipinski definition) is 7. The van der Waals surface area contributed by atoms with Crippen LogP contribution in [0.3, 0.4) is 0 Å². The summed E-state index contributed by atoms with van der Waals surface area (Å²) in [6.07, 6.45) is 3.35. The summed E-state index contributed by atoms with van der Waals surface area (Å²) in [7, 11) is 1.62. The summed E-state index contributed by atoms with van der Waals surface area (Å²) in [5, 5.41) is 12.0. The molecular formula is C17H14N4O3. The minimum Gasteiger partial charge on any atom is -0.493 e. The van der Waals surface area contributed by atoms with Crippen molar-refractivity contribution >= 4 is 17.0 Å². The number of aromatic nitrogens is 3. The summed E-state index contributed by atoms with van der Waals surface area (Å²) >= 11 is 0. The van der Waals surface area contributed by atoms with Crippen molar-refractivity contribution in [3.05, 3.63) is 54.6 Å². The molecular weight excluding hydrogens is 308 g/mol. The average Bonchev–Trinajstić information content (AvgIpc) is 3.27. The number of nitrogens with one attached hydrogen (secondary N) is 1. The van der Waals surface area contributed by atoms with Gasteiger partial charge in [0, 0.05) is 23.3 Å². The van der Waals surface area contributed by atoms with Crippen LogP contribution in [0.25, 0.3) is 22.4 Å². The highest BCUT2D eigenvalue weighted by molar-refractivity contribution is 5.83. The molecule has 120 valence electrons. The molecule has 0 aliphatic rings. The average molecular weight is 322 g/mol. The lowest BCUT2D eigenvalue weighted by Gasteiger charge is -1.99. The molecule has 0 saturated carbocycles. The molecule has 0 radical (unpaired) electrons. The fourth-order valence-electron chi connectivity index (χ4n) is 2.41. The second-order valence-electron chi connectivity index (χ2n) is 5.09. The van der Waals surface area contributed by atoms with E-state index >= 15 is 0 Å². The van der Waals surface area contributed by atoms with Crippen molar-refractivity contribution in [2.24, 2.45) is 0 Å². The zero-order valence-corrected chi connectivity index (χ0v) is 12.9. The maximum absolute atomic E-state index is 5.82. The Morgan fingerprint density at radius 3 is 2.79 bits per heavy atom. The number of nitrogens with zero attached hydrogens (tertiary/aromatic N) is 3. The Morgan fingerprint density at radius 2 is 1.96 bits per heavy atom. The van der Waals surface area contributed by atoms with Gasteiger partial charge in [0.15, 0.2) is 11.3 Å². The molecule has 3 heterocycles. The van der Waals surface area contributed by atoms with Crippen LogP contribution in [0.5, 0.6) is 5.75 Å². The molecule has 3 aromatic heterocycles. The SMILES string of the molecule is COc1cccc2cc(CNc3nnc(-c4ccncc4)o3)oc12. The van der Waals surface area contributed by atoms with E-state index in [-0.39, 0.29) is 0 Å². The van der Waals surface area contributed by atoms with E-state index < -0.39 is 0 Å². The van der Waals surface area contributed by atoms with Gasteiger partial charge in [-0.15, -0.1) is 5.10 Å². The van der Waals surface area contributed by atoms with Gasteiger partial charge in [-0.1, -0.05) is 17.2 Å². The molecule has 0 unspecified atom stereocenters. The summed E-state index contributed by atoms with van der Waals surface area (Å²) in [6, 6.07) is 11.7. The van der Waals surface area contributed by atoms with Gasteiger partial charge in [0.05, 0.1) is 13.7 Å². The summed E-state index contributed by atoms with van der Waals surface area (Å²) in [5.74, 6) is 1.89. The molecule has 0 amide bonds. The van der Waals surface area contributed by atoms with Gasteiger partial charge < -0.3 is 18.9 Å². The van der Waals surface area contributed by atoms with Gasteiger partial charge in [-0.2, -0.15) is 0 Å². The molecule has 24 heavy (non-hydrogen) atoms. The lowest BCUT2D eigenvalue weighted by atomic mass is 10.2. The van der Waals surface area contributed by atoms with Gasteiger partial charge in [0.2, 0.25) is 5.89 Å². The van der Waals surface area contributed by atoms with E-state index in [1.165, 1.54) is 0 Å². The fraction of sp³-hybridized carbons (Fsp3) is 0.118. The molecule has 0 atom stereocenters. The van der Waals surface area contributed by atoms with Crippen LogP contribution < -0.4 is 10.1 Å². The molecule has 4 aromatic rings. The zero-order chi connectivity index (χ0) is 16.4. The number of furan rings is 1. The summed E-state index contributed by atoms with van der Waals surface area (Å²) < 4.78 is 16.7. The number of ether oxygens (including phenoxy) is 1. The Bertz CT molecular complexity index is 962. The number of fused-ring (bicyclic) bond motifs is 1. The smallest absolute Gasteiger partial charge is 0.316 e. The first-order valence-electron chi connectivity index (χ1n) is 7.36. The van der Waals surface area contributed by atoms with Crippen LogP contribution in [0.4, 0.5) is 6.01 Å². The van der Waals surface area contributed by atoms with Crippen molar-refractivity contribution in [1.82, 2.24) is 15.2 Å². The third-order valence-electron chi connectivity index (χ3n) is 3.55. The van der Waals surface area contributed by atoms with Crippen molar-refractivity contribution in [2.45, 2.75) is 6.54 Å². The van der Waals surface area contributed by atoms with Gasteiger partial charge in [-0.3, -0.25) is 4.98 Å². The van der Waals surface area contributed by atoms with Crippen LogP contribution in [0.15, 0.2) is 57.6 Å². The van der Waals surface area contributed by atoms with Gasteiger partial charge in [-0.25, -0.2) is 0 Å². The van der Waals surface area contributed by atoms with Crippen molar-refractivity contribution in [3.8, 4) is 17.2 Å². The number of para-hydroxylation sites is 1. The summed E-state index contributed by atoms with van der Waals surface area (Å²) in [4.78, 5) is 3.96. The van der Waals surface area contributed by atoms with Crippen LogP contribution >= 0.6 is 0 Å². The lowest BCUT2D eigenvalue weighted by Crippen LogP contribution is -1.97. The molecule has 7 nitrogen and oxygen atoms in total. The molecule has 0 aliphatic carbocycles. The zero-order valence-electron chi connectivity index (χ0n) is 12.9. The number of benzene rings is 1. The maximum Gasteiger partial charge on any atom is 0.316 e. The van der Waals surface area contributed by atoms with Gasteiger partial charge in [-0.05, 0) is 24.3 Å². The van der Waals surface area contributed by atoms with E-state index in [1.807, 2.05) is 36.4 Å². The fourth-order valence-corrected chi connectivity index (χ4v) is 2.41. The van der Waals surface area contributed by atoms with Crippen LogP contribution in [-0.4, -0.2) is 22.3 Å². The van der Waals surface area contributed by atoms with Crippen LogP contribution in [0.2, 0.25) is 0 Å². The first-order valence-corrected chi connectivity index (χ1v) is 7.36. The molecule has 0 bridgehead atoms. The largest absolute Gasteiger partial charge is 0.493 e. The van der Waals surface area contributed by atoms with Gasteiger partial charge >= 0.3 is 6.01 Å². The molecule has 0 spiro atoms. The molecule has 0 fully saturated rings. The number of methoxy groups -OCH3 is 1. The minimum absolute atomic E-state index is 0.328. The van der Waals surface area contributed by atoms with Crippen molar-refractivity contribution in [2.75, 3.05) is 12.4 Å². The minimum atomic E-state index is 0.328. The predicted octanol–water partition coefficient (Wildman–Crippen LogP) is 3.50. The molecule has 4 rings (SSSR count). The number of hydrogen-bond donors (Lipinski definition) is 1. The van der Waals surface area contributed by atoms with Crippen molar-refractivity contribution < 1.29 is 13.6 Å². The standard InChI is InChI=1S/C17H14N4O3/c1-22-14-4-2-3-12-9-13(23-15(12)14)10-19-17-21-20-16(24-17)11-5-7-18-8-6-11/h2-9H,10H2,1H3,(H,19,21). The Labute approximate surface area is 137 Å². The maximum atomic E-state index is 5.82. The van der Waals surface area contributed by atoms with Gasteiger partial charge in [0.25, 0.3) is 0 Å². The first-order chi connectivity index (χ1) is 11.8. The Balaban J connectivity index is 1.50. The number of rotatable bonds is 5. The highest BCUT2D eigenvalue weighted by Crippen LogP contribution is 2.28. The molecule has 7 heteroatoms. The van der Waals surface area contributed by atoms with E-state index in [0.717, 1.165) is 22.3 Å². The quantitative estimate of drug-likeness (QED) is 0.601. The highest BCUT2D eigenvalue weighted by atomic mass is 16.5. The van der Waals surface area contributed by atoms with E-state index in [1.54, 1.807) is 19.5 Å². The summed E-state index contributed by atoms with van der Waals surface area (Å²) in [6.45, 7) is 0.426. The predicted molar refractivity (Wildman–Crippen MR) is 87.6 cm³/mol. The molecule has 1 aromatic carbocycles. The number of anilines is 1. The summed E-state index contributed by atoms with van der Waals surface area (Å²) in [5.41, 5.74) is 1.54. The number of pyridine rings is 1. The van der Waals surface area contributed by atoms with E-state index in [0.29, 0.717) is 24.2 Å². The van der Waals surface area contributed by atoms with Gasteiger partial charge in [0.1, 0.15) is 5.76 Å². The molecule has 1 N–H and O–H groups in total. The Kier molecular flexibility index (Phi) is 3.59. The van der Waals surface area contributed by atoms with Crippen LogP contribution in [0, 0.1) is 0 Å². The van der Waals surface area contributed by atoms with E-state index in [4.69, 9.17) is 13.6 Å². The topological polar surface area (TPSA) is 86.2 Å². The third kappa shape index (κ3) is 2.67. The van der Waals surface area contributed by atoms with Crippen LogP contribution in [-0.2, 0) is 6.54 Å².